The normalized spacial score (nSPS) is 16.6. The Hall–Kier alpha value is -2.03. The van der Waals surface area contributed by atoms with Crippen LogP contribution in [-0.4, -0.2) is 35.6 Å². The smallest absolute Gasteiger partial charge is 0.243 e. The summed E-state index contributed by atoms with van der Waals surface area (Å²) in [6.45, 7) is 1.85. The van der Waals surface area contributed by atoms with E-state index in [0.29, 0.717) is 18.8 Å². The summed E-state index contributed by atoms with van der Waals surface area (Å²) in [4.78, 5) is 24.1. The number of amides is 1. The van der Waals surface area contributed by atoms with Crippen molar-refractivity contribution >= 4 is 48.7 Å². The molecule has 1 aliphatic rings. The van der Waals surface area contributed by atoms with Gasteiger partial charge in [-0.15, -0.1) is 0 Å². The molecule has 1 saturated heterocycles. The van der Waals surface area contributed by atoms with E-state index in [4.69, 9.17) is 9.72 Å². The van der Waals surface area contributed by atoms with Crippen LogP contribution in [0.2, 0.25) is 0 Å². The van der Waals surface area contributed by atoms with Crippen molar-refractivity contribution in [3.05, 3.63) is 52.1 Å². The van der Waals surface area contributed by atoms with Crippen LogP contribution in [-0.2, 0) is 22.7 Å². The first-order valence-corrected chi connectivity index (χ1v) is 10.8. The van der Waals surface area contributed by atoms with Crippen LogP contribution in [0.5, 0.6) is 0 Å². The van der Waals surface area contributed by atoms with Gasteiger partial charge in [-0.1, -0.05) is 41.7 Å². The summed E-state index contributed by atoms with van der Waals surface area (Å²) >= 11 is 5.12. The third-order valence-electron chi connectivity index (χ3n) is 4.86. The molecule has 1 amide bonds. The molecule has 1 atom stereocenters. The summed E-state index contributed by atoms with van der Waals surface area (Å²) in [6, 6.07) is 9.77. The third-order valence-corrected chi connectivity index (χ3v) is 6.68. The number of fused-ring (bicyclic) bond motifs is 1. The van der Waals surface area contributed by atoms with Crippen LogP contribution in [0.1, 0.15) is 24.0 Å². The van der Waals surface area contributed by atoms with E-state index in [-0.39, 0.29) is 11.9 Å². The van der Waals surface area contributed by atoms with Gasteiger partial charge in [-0.05, 0) is 34.3 Å². The minimum absolute atomic E-state index is 0.0480. The Balaban J connectivity index is 1.54. The Morgan fingerprint density at radius 1 is 1.39 bits per heavy atom. The molecular formula is C20H21BrN4O2S. The Labute approximate surface area is 176 Å². The molecule has 0 aliphatic carbocycles. The maximum absolute atomic E-state index is 12.8. The summed E-state index contributed by atoms with van der Waals surface area (Å²) in [5.74, 6) is 0.0480. The van der Waals surface area contributed by atoms with Crippen molar-refractivity contribution in [3.63, 3.8) is 0 Å². The second-order valence-electron chi connectivity index (χ2n) is 6.72. The highest BCUT2D eigenvalue weighted by Gasteiger charge is 2.33. The number of carbonyl (C=O) groups is 1. The molecule has 8 heteroatoms. The number of hydrogen-bond acceptors (Lipinski definition) is 6. The topological polar surface area (TPSA) is 67.4 Å². The molecule has 146 valence electrons. The van der Waals surface area contributed by atoms with Crippen LogP contribution in [0.15, 0.2) is 41.0 Å². The molecule has 1 fully saturated rings. The molecule has 1 N–H and O–H groups in total. The zero-order valence-electron chi connectivity index (χ0n) is 15.5. The summed E-state index contributed by atoms with van der Waals surface area (Å²) in [5.41, 5.74) is 2.84. The van der Waals surface area contributed by atoms with Gasteiger partial charge < -0.3 is 15.0 Å². The molecule has 4 rings (SSSR count). The molecule has 1 aliphatic heterocycles. The number of aromatic nitrogens is 2. The molecular weight excluding hydrogens is 440 g/mol. The number of anilines is 1. The second kappa shape index (κ2) is 8.55. The summed E-state index contributed by atoms with van der Waals surface area (Å²) in [6.07, 6.45) is 3.56. The quantitative estimate of drug-likeness (QED) is 0.604. The van der Waals surface area contributed by atoms with Gasteiger partial charge in [0.1, 0.15) is 6.04 Å². The number of pyridine rings is 1. The zero-order valence-corrected chi connectivity index (χ0v) is 17.9. The molecule has 0 spiro atoms. The highest BCUT2D eigenvalue weighted by Crippen LogP contribution is 2.36. The van der Waals surface area contributed by atoms with Crippen molar-refractivity contribution in [3.8, 4) is 0 Å². The Kier molecular flexibility index (Phi) is 5.89. The van der Waals surface area contributed by atoms with Gasteiger partial charge in [0, 0.05) is 36.4 Å². The van der Waals surface area contributed by atoms with E-state index in [1.54, 1.807) is 24.6 Å². The van der Waals surface area contributed by atoms with Gasteiger partial charge in [-0.2, -0.15) is 4.98 Å². The number of benzene rings is 1. The lowest BCUT2D eigenvalue weighted by Crippen LogP contribution is -2.43. The summed E-state index contributed by atoms with van der Waals surface area (Å²) in [5, 5.41) is 3.91. The van der Waals surface area contributed by atoms with E-state index in [1.165, 1.54) is 0 Å². The van der Waals surface area contributed by atoms with Crippen LogP contribution < -0.4 is 10.2 Å². The first-order chi connectivity index (χ1) is 13.7. The monoisotopic (exact) mass is 460 g/mol. The van der Waals surface area contributed by atoms with Gasteiger partial charge in [0.05, 0.1) is 11.3 Å². The number of nitrogens with zero attached hydrogens (tertiary/aromatic N) is 3. The van der Waals surface area contributed by atoms with Crippen molar-refractivity contribution in [2.24, 2.45) is 0 Å². The van der Waals surface area contributed by atoms with Gasteiger partial charge in [0.2, 0.25) is 5.91 Å². The first-order valence-electron chi connectivity index (χ1n) is 9.18. The van der Waals surface area contributed by atoms with Gasteiger partial charge in [-0.3, -0.25) is 4.79 Å². The van der Waals surface area contributed by atoms with E-state index < -0.39 is 0 Å². The standard InChI is InChI=1S/C20H21BrN4O2S/c1-27-12-14-15(21)11-22-18-17(14)28-20(24-18)25-9-5-8-16(25)19(26)23-10-13-6-3-2-4-7-13/h2-4,6-7,11,16H,5,8-10,12H2,1H3,(H,23,26)/t16-/m1/s1. The van der Waals surface area contributed by atoms with E-state index in [2.05, 4.69) is 31.1 Å². The van der Waals surface area contributed by atoms with E-state index >= 15 is 0 Å². The van der Waals surface area contributed by atoms with Crippen molar-refractivity contribution in [2.75, 3.05) is 18.6 Å². The SMILES string of the molecule is COCc1c(Br)cnc2nc(N3CCC[C@@H]3C(=O)NCc3ccccc3)sc12. The number of carbonyl (C=O) groups excluding carboxylic acids is 1. The first kappa shape index (κ1) is 19.3. The van der Waals surface area contributed by atoms with Crippen molar-refractivity contribution in [1.29, 1.82) is 0 Å². The number of rotatable bonds is 6. The molecule has 1 aromatic carbocycles. The molecule has 0 radical (unpaired) electrons. The van der Waals surface area contributed by atoms with Crippen molar-refractivity contribution in [1.82, 2.24) is 15.3 Å². The number of nitrogens with one attached hydrogen (secondary N) is 1. The number of thiazole rings is 1. The molecule has 3 heterocycles. The maximum atomic E-state index is 12.8. The molecule has 0 bridgehead atoms. The number of ether oxygens (including phenoxy) is 1. The number of hydrogen-bond donors (Lipinski definition) is 1. The molecule has 2 aromatic heterocycles. The predicted octanol–water partition coefficient (Wildman–Crippen LogP) is 3.89. The summed E-state index contributed by atoms with van der Waals surface area (Å²) < 4.78 is 7.24. The van der Waals surface area contributed by atoms with Gasteiger partial charge >= 0.3 is 0 Å². The van der Waals surface area contributed by atoms with Gasteiger partial charge in [0.15, 0.2) is 10.8 Å². The average molecular weight is 461 g/mol. The lowest BCUT2D eigenvalue weighted by Gasteiger charge is -2.23. The lowest BCUT2D eigenvalue weighted by molar-refractivity contribution is -0.122. The van der Waals surface area contributed by atoms with E-state index in [0.717, 1.165) is 44.8 Å². The summed E-state index contributed by atoms with van der Waals surface area (Å²) in [7, 11) is 1.67. The van der Waals surface area contributed by atoms with Crippen molar-refractivity contribution < 1.29 is 9.53 Å². The molecule has 6 nitrogen and oxygen atoms in total. The minimum Gasteiger partial charge on any atom is -0.380 e. The highest BCUT2D eigenvalue weighted by molar-refractivity contribution is 9.10. The van der Waals surface area contributed by atoms with E-state index in [1.807, 2.05) is 30.3 Å². The second-order valence-corrected chi connectivity index (χ2v) is 8.55. The lowest BCUT2D eigenvalue weighted by atomic mass is 10.2. The van der Waals surface area contributed by atoms with Crippen LogP contribution in [0.3, 0.4) is 0 Å². The molecule has 0 saturated carbocycles. The van der Waals surface area contributed by atoms with Crippen LogP contribution in [0, 0.1) is 0 Å². The number of methoxy groups -OCH3 is 1. The zero-order chi connectivity index (χ0) is 19.5. The maximum Gasteiger partial charge on any atom is 0.243 e. The fourth-order valence-electron chi connectivity index (χ4n) is 3.46. The Morgan fingerprint density at radius 3 is 3.00 bits per heavy atom. The minimum atomic E-state index is -0.196. The molecule has 0 unspecified atom stereocenters. The fourth-order valence-corrected chi connectivity index (χ4v) is 5.14. The Bertz CT molecular complexity index is 979. The largest absolute Gasteiger partial charge is 0.380 e. The van der Waals surface area contributed by atoms with Crippen LogP contribution in [0.4, 0.5) is 5.13 Å². The third kappa shape index (κ3) is 3.90. The van der Waals surface area contributed by atoms with E-state index in [9.17, 15) is 4.79 Å². The fraction of sp³-hybridized carbons (Fsp3) is 0.350. The van der Waals surface area contributed by atoms with Crippen LogP contribution in [0.25, 0.3) is 10.3 Å². The molecule has 28 heavy (non-hydrogen) atoms. The van der Waals surface area contributed by atoms with Crippen LogP contribution >= 0.6 is 27.3 Å². The predicted molar refractivity (Wildman–Crippen MR) is 114 cm³/mol. The highest BCUT2D eigenvalue weighted by atomic mass is 79.9. The molecule has 3 aromatic rings. The number of halogens is 1. The Morgan fingerprint density at radius 2 is 2.21 bits per heavy atom. The van der Waals surface area contributed by atoms with Gasteiger partial charge in [0.25, 0.3) is 0 Å². The van der Waals surface area contributed by atoms with Gasteiger partial charge in [-0.25, -0.2) is 4.98 Å². The van der Waals surface area contributed by atoms with Crippen molar-refractivity contribution in [2.45, 2.75) is 32.0 Å². The average Bonchev–Trinajstić information content (AvgIpc) is 3.36.